The van der Waals surface area contributed by atoms with Crippen molar-refractivity contribution in [2.24, 2.45) is 0 Å². The molecular formula is C15H10BrNO3. The maximum Gasteiger partial charge on any atom is 0.273 e. The molecule has 2 aromatic carbocycles. The molecule has 2 aromatic rings. The molecule has 0 fully saturated rings. The fourth-order valence-electron chi connectivity index (χ4n) is 2.26. The van der Waals surface area contributed by atoms with Crippen molar-refractivity contribution in [1.82, 2.24) is 0 Å². The fraction of sp³-hybridized carbons (Fsp3) is 0.0667. The third-order valence-corrected chi connectivity index (χ3v) is 3.84. The molecule has 0 aromatic heterocycles. The van der Waals surface area contributed by atoms with Crippen molar-refractivity contribution >= 4 is 33.1 Å². The van der Waals surface area contributed by atoms with E-state index in [0.29, 0.717) is 31.8 Å². The van der Waals surface area contributed by atoms with Crippen molar-refractivity contribution < 1.29 is 14.3 Å². The Morgan fingerprint density at radius 1 is 1.20 bits per heavy atom. The number of rotatable bonds is 2. The largest absolute Gasteiger partial charge is 0.618 e. The average Bonchev–Trinajstić information content (AvgIpc) is 2.72. The van der Waals surface area contributed by atoms with Crippen LogP contribution < -0.4 is 4.74 Å². The number of carbonyl (C=O) groups is 1. The van der Waals surface area contributed by atoms with Crippen LogP contribution in [-0.2, 0) is 0 Å². The standard InChI is InChI=1S/C15H10BrNO3/c1-20-10-5-2-4-9(8-10)13-15(18)11-6-3-7-12(16)14(11)17(13)19/h2-8H,1H3. The lowest BCUT2D eigenvalue weighted by molar-refractivity contribution is -0.356. The van der Waals surface area contributed by atoms with Crippen molar-refractivity contribution in [2.75, 3.05) is 7.11 Å². The number of Topliss-reactive ketones (excluding diaryl/α,β-unsaturated/α-hetero) is 1. The van der Waals surface area contributed by atoms with Crippen molar-refractivity contribution in [3.05, 3.63) is 63.3 Å². The van der Waals surface area contributed by atoms with Crippen LogP contribution in [0, 0.1) is 5.21 Å². The van der Waals surface area contributed by atoms with Gasteiger partial charge in [0.1, 0.15) is 11.3 Å². The van der Waals surface area contributed by atoms with Crippen molar-refractivity contribution in [3.63, 3.8) is 0 Å². The lowest BCUT2D eigenvalue weighted by atomic mass is 10.0. The molecule has 5 heteroatoms. The molecule has 1 aliphatic rings. The summed E-state index contributed by atoms with van der Waals surface area (Å²) in [4.78, 5) is 12.4. The molecular weight excluding hydrogens is 322 g/mol. The van der Waals surface area contributed by atoms with Crippen LogP contribution in [0.2, 0.25) is 0 Å². The summed E-state index contributed by atoms with van der Waals surface area (Å²) in [7, 11) is 1.54. The number of nitrogens with zero attached hydrogens (tertiary/aromatic N) is 1. The topological polar surface area (TPSA) is 52.4 Å². The Balaban J connectivity index is 2.21. The van der Waals surface area contributed by atoms with Gasteiger partial charge < -0.3 is 9.94 Å². The zero-order valence-electron chi connectivity index (χ0n) is 10.6. The Morgan fingerprint density at radius 2 is 1.95 bits per heavy atom. The SMILES string of the molecule is COc1cccc(C2=[N+]([O-])c3c(Br)cccc3C2=O)c1. The Kier molecular flexibility index (Phi) is 3.06. The summed E-state index contributed by atoms with van der Waals surface area (Å²) >= 11 is 3.31. The number of methoxy groups -OCH3 is 1. The number of halogens is 1. The van der Waals surface area contributed by atoms with Crippen molar-refractivity contribution in [1.29, 1.82) is 0 Å². The number of para-hydroxylation sites is 1. The molecule has 4 nitrogen and oxygen atoms in total. The lowest BCUT2D eigenvalue weighted by Crippen LogP contribution is -2.16. The highest BCUT2D eigenvalue weighted by molar-refractivity contribution is 9.10. The summed E-state index contributed by atoms with van der Waals surface area (Å²) in [5.41, 5.74) is 1.43. The molecule has 0 unspecified atom stereocenters. The number of ketones is 1. The summed E-state index contributed by atoms with van der Waals surface area (Å²) in [6.07, 6.45) is 0. The Hall–Kier alpha value is -2.14. The van der Waals surface area contributed by atoms with Gasteiger partial charge in [-0.1, -0.05) is 12.1 Å². The second-order valence-electron chi connectivity index (χ2n) is 4.34. The van der Waals surface area contributed by atoms with E-state index in [-0.39, 0.29) is 11.5 Å². The van der Waals surface area contributed by atoms with E-state index in [1.807, 2.05) is 0 Å². The molecule has 0 saturated carbocycles. The van der Waals surface area contributed by atoms with Gasteiger partial charge in [-0.25, -0.2) is 0 Å². The molecule has 0 spiro atoms. The zero-order chi connectivity index (χ0) is 14.3. The minimum Gasteiger partial charge on any atom is -0.618 e. The van der Waals surface area contributed by atoms with E-state index < -0.39 is 0 Å². The number of hydrogen-bond donors (Lipinski definition) is 0. The summed E-state index contributed by atoms with van der Waals surface area (Å²) < 4.78 is 6.42. The maximum absolute atomic E-state index is 12.4. The molecule has 0 saturated heterocycles. The van der Waals surface area contributed by atoms with Crippen molar-refractivity contribution in [3.8, 4) is 5.75 Å². The minimum absolute atomic E-state index is 0.116. The molecule has 0 amide bonds. The Bertz CT molecular complexity index is 753. The molecule has 100 valence electrons. The van der Waals surface area contributed by atoms with Gasteiger partial charge in [-0.15, -0.1) is 0 Å². The molecule has 0 N–H and O–H groups in total. The highest BCUT2D eigenvalue weighted by atomic mass is 79.9. The van der Waals surface area contributed by atoms with Crippen LogP contribution in [0.4, 0.5) is 5.69 Å². The summed E-state index contributed by atoms with van der Waals surface area (Å²) in [6.45, 7) is 0. The normalized spacial score (nSPS) is 13.6. The summed E-state index contributed by atoms with van der Waals surface area (Å²) in [5, 5.41) is 12.4. The second-order valence-corrected chi connectivity index (χ2v) is 5.19. The van der Waals surface area contributed by atoms with Gasteiger partial charge in [0.2, 0.25) is 5.69 Å². The average molecular weight is 332 g/mol. The monoisotopic (exact) mass is 331 g/mol. The number of hydrogen-bond acceptors (Lipinski definition) is 3. The van der Waals surface area contributed by atoms with Gasteiger partial charge in [0, 0.05) is 0 Å². The quantitative estimate of drug-likeness (QED) is 0.626. The zero-order valence-corrected chi connectivity index (χ0v) is 12.2. The van der Waals surface area contributed by atoms with E-state index in [1.54, 1.807) is 49.6 Å². The number of carbonyl (C=O) groups excluding carboxylic acids is 1. The third-order valence-electron chi connectivity index (χ3n) is 3.20. The molecule has 3 rings (SSSR count). The Labute approximate surface area is 124 Å². The number of fused-ring (bicyclic) bond motifs is 1. The third kappa shape index (κ3) is 1.82. The molecule has 0 bridgehead atoms. The smallest absolute Gasteiger partial charge is 0.273 e. The van der Waals surface area contributed by atoms with E-state index in [2.05, 4.69) is 15.9 Å². The van der Waals surface area contributed by atoms with Crippen LogP contribution in [0.15, 0.2) is 46.9 Å². The van der Waals surface area contributed by atoms with Crippen molar-refractivity contribution in [2.45, 2.75) is 0 Å². The van der Waals surface area contributed by atoms with Gasteiger partial charge in [-0.05, 0) is 46.3 Å². The predicted molar refractivity (Wildman–Crippen MR) is 78.9 cm³/mol. The van der Waals surface area contributed by atoms with Crippen LogP contribution in [0.25, 0.3) is 0 Å². The van der Waals surface area contributed by atoms with Gasteiger partial charge in [-0.2, -0.15) is 4.74 Å². The molecule has 0 radical (unpaired) electrons. The van der Waals surface area contributed by atoms with Crippen LogP contribution in [0.3, 0.4) is 0 Å². The van der Waals surface area contributed by atoms with Gasteiger partial charge >= 0.3 is 0 Å². The molecule has 0 aliphatic carbocycles. The lowest BCUT2D eigenvalue weighted by Gasteiger charge is -2.04. The van der Waals surface area contributed by atoms with E-state index in [0.717, 1.165) is 0 Å². The summed E-state index contributed by atoms with van der Waals surface area (Å²) in [5.74, 6) is 0.329. The van der Waals surface area contributed by atoms with Crippen LogP contribution in [-0.4, -0.2) is 23.3 Å². The number of ether oxygens (including phenoxy) is 1. The van der Waals surface area contributed by atoms with Gasteiger partial charge in [0.15, 0.2) is 0 Å². The molecule has 1 aliphatic heterocycles. The first-order chi connectivity index (χ1) is 9.63. The minimum atomic E-state index is -0.274. The van der Waals surface area contributed by atoms with E-state index in [9.17, 15) is 10.0 Å². The van der Waals surface area contributed by atoms with Crippen LogP contribution in [0.5, 0.6) is 5.75 Å². The highest BCUT2D eigenvalue weighted by Crippen LogP contribution is 2.35. The number of benzene rings is 2. The van der Waals surface area contributed by atoms with E-state index in [1.165, 1.54) is 0 Å². The predicted octanol–water partition coefficient (Wildman–Crippen LogP) is 3.29. The Morgan fingerprint density at radius 3 is 2.65 bits per heavy atom. The first kappa shape index (κ1) is 12.9. The van der Waals surface area contributed by atoms with Crippen LogP contribution >= 0.6 is 15.9 Å². The van der Waals surface area contributed by atoms with Gasteiger partial charge in [0.25, 0.3) is 11.5 Å². The fourth-order valence-corrected chi connectivity index (χ4v) is 2.78. The highest BCUT2D eigenvalue weighted by Gasteiger charge is 2.38. The van der Waals surface area contributed by atoms with Crippen LogP contribution in [0.1, 0.15) is 15.9 Å². The second kappa shape index (κ2) is 4.76. The first-order valence-electron chi connectivity index (χ1n) is 5.95. The molecule has 1 heterocycles. The molecule has 20 heavy (non-hydrogen) atoms. The van der Waals surface area contributed by atoms with E-state index in [4.69, 9.17) is 4.74 Å². The maximum atomic E-state index is 12.4. The molecule has 0 atom stereocenters. The summed E-state index contributed by atoms with van der Waals surface area (Å²) in [6, 6.07) is 12.1. The van der Waals surface area contributed by atoms with Gasteiger partial charge in [0.05, 0.1) is 17.1 Å². The van der Waals surface area contributed by atoms with Gasteiger partial charge in [-0.3, -0.25) is 4.79 Å². The first-order valence-corrected chi connectivity index (χ1v) is 6.74. The van der Waals surface area contributed by atoms with E-state index >= 15 is 0 Å².